The molecule has 38 heavy (non-hydrogen) atoms. The van der Waals surface area contributed by atoms with Gasteiger partial charge in [-0.15, -0.1) is 10.2 Å². The Labute approximate surface area is 215 Å². The maximum Gasteiger partial charge on any atom is 0.306 e. The van der Waals surface area contributed by atoms with Crippen LogP contribution in [0.25, 0.3) is 10.9 Å². The summed E-state index contributed by atoms with van der Waals surface area (Å²) >= 11 is 0. The average Bonchev–Trinajstić information content (AvgIpc) is 3.48. The van der Waals surface area contributed by atoms with E-state index in [4.69, 9.17) is 10.2 Å². The molecule has 0 aliphatic heterocycles. The Morgan fingerprint density at radius 3 is 2.42 bits per heavy atom. The molecule has 4 rings (SSSR count). The van der Waals surface area contributed by atoms with Crippen LogP contribution in [-0.4, -0.2) is 43.7 Å². The fourth-order valence-corrected chi connectivity index (χ4v) is 3.80. The predicted molar refractivity (Wildman–Crippen MR) is 131 cm³/mol. The van der Waals surface area contributed by atoms with Gasteiger partial charge in [0.05, 0.1) is 13.1 Å². The zero-order valence-electron chi connectivity index (χ0n) is 20.8. The number of fused-ring (bicyclic) bond motifs is 1. The van der Waals surface area contributed by atoms with Gasteiger partial charge in [-0.3, -0.25) is 19.1 Å². The fourth-order valence-electron chi connectivity index (χ4n) is 3.80. The summed E-state index contributed by atoms with van der Waals surface area (Å²) in [5.41, 5.74) is 5.01. The summed E-state index contributed by atoms with van der Waals surface area (Å²) in [6.45, 7) is 5.13. The summed E-state index contributed by atoms with van der Waals surface area (Å²) in [6, 6.07) is 8.86. The van der Waals surface area contributed by atoms with Gasteiger partial charge in [0.1, 0.15) is 23.2 Å². The highest BCUT2D eigenvalue weighted by atomic mass is 19.1. The molecule has 3 amide bonds. The van der Waals surface area contributed by atoms with Crippen LogP contribution in [0.2, 0.25) is 0 Å². The van der Waals surface area contributed by atoms with Crippen molar-refractivity contribution in [1.29, 1.82) is 0 Å². The van der Waals surface area contributed by atoms with E-state index in [1.165, 1.54) is 28.9 Å². The largest absolute Gasteiger partial charge is 0.415 e. The van der Waals surface area contributed by atoms with Gasteiger partial charge in [0.25, 0.3) is 5.91 Å². The monoisotopic (exact) mass is 525 g/mol. The number of benzene rings is 2. The van der Waals surface area contributed by atoms with Gasteiger partial charge >= 0.3 is 11.8 Å². The number of carbonyl (C=O) groups is 3. The van der Waals surface area contributed by atoms with Crippen LogP contribution in [0.15, 0.2) is 46.9 Å². The quantitative estimate of drug-likeness (QED) is 0.318. The van der Waals surface area contributed by atoms with E-state index in [0.29, 0.717) is 5.56 Å². The van der Waals surface area contributed by atoms with Gasteiger partial charge in [-0.1, -0.05) is 45.0 Å². The molecule has 0 radical (unpaired) electrons. The van der Waals surface area contributed by atoms with Crippen molar-refractivity contribution < 1.29 is 27.6 Å². The van der Waals surface area contributed by atoms with Crippen LogP contribution in [0.5, 0.6) is 0 Å². The zero-order valence-corrected chi connectivity index (χ0v) is 20.8. The number of nitrogens with two attached hydrogens (primary N) is 1. The third kappa shape index (κ3) is 5.66. The van der Waals surface area contributed by atoms with E-state index in [-0.39, 0.29) is 35.6 Å². The molecule has 0 aliphatic carbocycles. The Morgan fingerprint density at radius 1 is 1.08 bits per heavy atom. The Bertz CT molecular complexity index is 1510. The first-order chi connectivity index (χ1) is 17.9. The first-order valence-corrected chi connectivity index (χ1v) is 11.5. The van der Waals surface area contributed by atoms with E-state index in [1.54, 1.807) is 39.0 Å². The maximum absolute atomic E-state index is 14.8. The van der Waals surface area contributed by atoms with Crippen molar-refractivity contribution in [2.24, 2.45) is 11.1 Å². The molecule has 0 saturated carbocycles. The maximum atomic E-state index is 14.8. The summed E-state index contributed by atoms with van der Waals surface area (Å²) in [6.07, 6.45) is 0. The van der Waals surface area contributed by atoms with Crippen molar-refractivity contribution in [1.82, 2.24) is 30.6 Å². The van der Waals surface area contributed by atoms with Crippen LogP contribution >= 0.6 is 0 Å². The van der Waals surface area contributed by atoms with Crippen molar-refractivity contribution in [2.75, 3.05) is 0 Å². The Morgan fingerprint density at radius 2 is 1.79 bits per heavy atom. The predicted octanol–water partition coefficient (Wildman–Crippen LogP) is 2.31. The number of para-hydroxylation sites is 1. The van der Waals surface area contributed by atoms with E-state index >= 15 is 0 Å². The van der Waals surface area contributed by atoms with Gasteiger partial charge in [-0.2, -0.15) is 5.10 Å². The highest BCUT2D eigenvalue weighted by molar-refractivity contribution is 6.06. The van der Waals surface area contributed by atoms with E-state index < -0.39 is 46.7 Å². The van der Waals surface area contributed by atoms with E-state index in [2.05, 4.69) is 25.9 Å². The lowest BCUT2D eigenvalue weighted by atomic mass is 9.86. The number of rotatable bonds is 8. The Balaban J connectivity index is 1.58. The van der Waals surface area contributed by atoms with E-state index in [1.807, 2.05) is 0 Å². The molecule has 0 saturated heterocycles. The molecule has 0 aliphatic rings. The van der Waals surface area contributed by atoms with Crippen LogP contribution in [0.3, 0.4) is 0 Å². The van der Waals surface area contributed by atoms with Crippen LogP contribution < -0.4 is 16.4 Å². The van der Waals surface area contributed by atoms with Crippen LogP contribution in [-0.2, 0) is 17.9 Å². The van der Waals surface area contributed by atoms with E-state index in [9.17, 15) is 23.2 Å². The lowest BCUT2D eigenvalue weighted by Crippen LogP contribution is -2.53. The number of hydrogen-bond donors (Lipinski definition) is 3. The molecule has 1 atom stereocenters. The molecule has 4 aromatic rings. The normalized spacial score (nSPS) is 12.3. The van der Waals surface area contributed by atoms with Crippen molar-refractivity contribution in [3.63, 3.8) is 0 Å². The number of nitrogens with one attached hydrogen (secondary N) is 2. The third-order valence-corrected chi connectivity index (χ3v) is 5.68. The minimum Gasteiger partial charge on any atom is -0.415 e. The molecule has 11 nitrogen and oxygen atoms in total. The second-order valence-electron chi connectivity index (χ2n) is 9.62. The van der Waals surface area contributed by atoms with Gasteiger partial charge < -0.3 is 20.8 Å². The molecule has 0 fully saturated rings. The van der Waals surface area contributed by atoms with Crippen LogP contribution in [0.1, 0.15) is 53.4 Å². The lowest BCUT2D eigenvalue weighted by molar-refractivity contribution is -0.125. The fraction of sp³-hybridized carbons (Fsp3) is 0.280. The van der Waals surface area contributed by atoms with Gasteiger partial charge in [-0.25, -0.2) is 8.78 Å². The first-order valence-electron chi connectivity index (χ1n) is 11.5. The minimum absolute atomic E-state index is 0.0489. The van der Waals surface area contributed by atoms with Crippen molar-refractivity contribution in [3.8, 4) is 0 Å². The number of nitrogens with zero attached hydrogens (tertiary/aromatic N) is 4. The summed E-state index contributed by atoms with van der Waals surface area (Å²) in [5.74, 6) is -3.61. The molecule has 4 N–H and O–H groups in total. The number of amides is 3. The smallest absolute Gasteiger partial charge is 0.306 e. The molecule has 2 heterocycles. The molecule has 0 spiro atoms. The number of aromatic nitrogens is 4. The first kappa shape index (κ1) is 26.4. The second-order valence-corrected chi connectivity index (χ2v) is 9.62. The summed E-state index contributed by atoms with van der Waals surface area (Å²) in [4.78, 5) is 37.5. The standard InChI is InChI=1S/C25H25F2N7O4/c1-25(2,3)20(23(37)29-11-17-31-32-24(38-17)21(28)35)30-22(36)18-15-5-4-6-16(27)19(15)34(33-18)12-13-7-9-14(26)10-8-13/h4-10,20H,11-12H2,1-3H3,(H2,28,35)(H,29,37)(H,30,36)/t20-/m1/s1. The van der Waals surface area contributed by atoms with Gasteiger partial charge in [0.2, 0.25) is 11.8 Å². The number of carbonyl (C=O) groups excluding carboxylic acids is 3. The highest BCUT2D eigenvalue weighted by Crippen LogP contribution is 2.25. The zero-order chi connectivity index (χ0) is 27.6. The van der Waals surface area contributed by atoms with Crippen LogP contribution in [0.4, 0.5) is 8.78 Å². The molecular formula is C25H25F2N7O4. The SMILES string of the molecule is CC(C)(C)[C@H](NC(=O)c1nn(Cc2ccc(F)cc2)c2c(F)cccc12)C(=O)NCc1nnc(C(N)=O)o1. The van der Waals surface area contributed by atoms with Crippen molar-refractivity contribution >= 4 is 28.6 Å². The van der Waals surface area contributed by atoms with E-state index in [0.717, 1.165) is 0 Å². The number of primary amides is 1. The van der Waals surface area contributed by atoms with Crippen molar-refractivity contribution in [2.45, 2.75) is 39.9 Å². The number of halogens is 2. The molecule has 0 bridgehead atoms. The van der Waals surface area contributed by atoms with Crippen molar-refractivity contribution in [3.05, 3.63) is 77.1 Å². The minimum atomic E-state index is -1.04. The van der Waals surface area contributed by atoms with Gasteiger partial charge in [0.15, 0.2) is 5.69 Å². The molecular weight excluding hydrogens is 500 g/mol. The summed E-state index contributed by atoms with van der Waals surface area (Å²) in [7, 11) is 0. The molecule has 0 unspecified atom stereocenters. The third-order valence-electron chi connectivity index (χ3n) is 5.68. The van der Waals surface area contributed by atoms with Gasteiger partial charge in [0, 0.05) is 5.39 Å². The highest BCUT2D eigenvalue weighted by Gasteiger charge is 2.34. The molecule has 13 heteroatoms. The summed E-state index contributed by atoms with van der Waals surface area (Å²) in [5, 5.41) is 17.0. The molecule has 2 aromatic heterocycles. The number of hydrogen-bond acceptors (Lipinski definition) is 7. The summed E-state index contributed by atoms with van der Waals surface area (Å²) < 4.78 is 34.5. The molecule has 2 aromatic carbocycles. The molecule has 198 valence electrons. The topological polar surface area (TPSA) is 158 Å². The van der Waals surface area contributed by atoms with Gasteiger partial charge in [-0.05, 0) is 29.2 Å². The Hall–Kier alpha value is -4.68. The lowest BCUT2D eigenvalue weighted by Gasteiger charge is -2.30. The second kappa shape index (κ2) is 10.4. The average molecular weight is 526 g/mol. The Kier molecular flexibility index (Phi) is 7.19. The van der Waals surface area contributed by atoms with Crippen LogP contribution in [0, 0.1) is 17.0 Å².